The van der Waals surface area contributed by atoms with Crippen LogP contribution in [-0.2, 0) is 11.3 Å². The van der Waals surface area contributed by atoms with Gasteiger partial charge in [-0.25, -0.2) is 4.98 Å². The van der Waals surface area contributed by atoms with Gasteiger partial charge in [-0.15, -0.1) is 5.11 Å². The first kappa shape index (κ1) is 19.1. The number of benzene rings is 1. The number of hydrogen-bond acceptors (Lipinski definition) is 11. The maximum absolute atomic E-state index is 10.3. The Kier molecular flexibility index (Phi) is 5.07. The highest BCUT2D eigenvalue weighted by Gasteiger charge is 2.44. The zero-order valence-electron chi connectivity index (χ0n) is 15.2. The average molecular weight is 400 g/mol. The van der Waals surface area contributed by atoms with Gasteiger partial charge in [0, 0.05) is 5.69 Å². The van der Waals surface area contributed by atoms with Crippen LogP contribution < -0.4 is 11.5 Å². The Morgan fingerprint density at radius 1 is 1.17 bits per heavy atom. The van der Waals surface area contributed by atoms with E-state index in [1.165, 1.54) is 10.9 Å². The van der Waals surface area contributed by atoms with Crippen molar-refractivity contribution in [3.05, 3.63) is 36.2 Å². The van der Waals surface area contributed by atoms with Crippen molar-refractivity contribution in [3.8, 4) is 0 Å². The molecule has 12 nitrogen and oxygen atoms in total. The van der Waals surface area contributed by atoms with Crippen molar-refractivity contribution in [2.24, 2.45) is 10.2 Å². The molecule has 3 heterocycles. The largest absolute Gasteiger partial charge is 0.399 e. The summed E-state index contributed by atoms with van der Waals surface area (Å²) in [5, 5.41) is 37.6. The van der Waals surface area contributed by atoms with Gasteiger partial charge in [-0.1, -0.05) is 12.1 Å². The molecule has 0 radical (unpaired) electrons. The highest BCUT2D eigenvalue weighted by molar-refractivity contribution is 5.82. The second-order valence-corrected chi connectivity index (χ2v) is 6.61. The van der Waals surface area contributed by atoms with Crippen LogP contribution in [0, 0.1) is 0 Å². The second-order valence-electron chi connectivity index (χ2n) is 6.61. The number of nitrogens with zero attached hydrogens (tertiary/aromatic N) is 6. The SMILES string of the molecule is Nc1cccc(CN=Nc2nc(N)c3ncn([C@@H]4O[C@H](CO)C(O)C4O)c3n2)c1. The Bertz CT molecular complexity index is 1060. The molecule has 0 aliphatic carbocycles. The summed E-state index contributed by atoms with van der Waals surface area (Å²) in [6, 6.07) is 7.25. The van der Waals surface area contributed by atoms with Crippen LogP contribution in [0.1, 0.15) is 11.8 Å². The highest BCUT2D eigenvalue weighted by Crippen LogP contribution is 2.32. The van der Waals surface area contributed by atoms with Gasteiger partial charge in [-0.2, -0.15) is 15.1 Å². The van der Waals surface area contributed by atoms with Crippen molar-refractivity contribution >= 4 is 28.6 Å². The summed E-state index contributed by atoms with van der Waals surface area (Å²) in [5.41, 5.74) is 13.7. The highest BCUT2D eigenvalue weighted by atomic mass is 16.6. The molecule has 4 atom stereocenters. The maximum Gasteiger partial charge on any atom is 0.272 e. The first-order valence-electron chi connectivity index (χ1n) is 8.82. The second kappa shape index (κ2) is 7.67. The molecule has 0 bridgehead atoms. The number of aliphatic hydroxyl groups is 3. The van der Waals surface area contributed by atoms with Gasteiger partial charge in [0.15, 0.2) is 17.7 Å². The lowest BCUT2D eigenvalue weighted by atomic mass is 10.1. The normalized spacial score (nSPS) is 24.7. The Labute approximate surface area is 164 Å². The third-order valence-electron chi connectivity index (χ3n) is 4.59. The van der Waals surface area contributed by atoms with Crippen molar-refractivity contribution in [2.75, 3.05) is 18.1 Å². The van der Waals surface area contributed by atoms with E-state index in [4.69, 9.17) is 16.2 Å². The van der Waals surface area contributed by atoms with E-state index in [-0.39, 0.29) is 29.5 Å². The minimum Gasteiger partial charge on any atom is -0.399 e. The van der Waals surface area contributed by atoms with Crippen LogP contribution in [-0.4, -0.2) is 59.8 Å². The number of fused-ring (bicyclic) bond motifs is 1. The minimum atomic E-state index is -1.28. The molecular formula is C17H20N8O4. The van der Waals surface area contributed by atoms with E-state index in [1.807, 2.05) is 12.1 Å². The zero-order chi connectivity index (χ0) is 20.5. The molecule has 0 spiro atoms. The minimum absolute atomic E-state index is 0.00685. The molecule has 1 aromatic carbocycles. The molecule has 0 saturated carbocycles. The average Bonchev–Trinajstić information content (AvgIpc) is 3.24. The van der Waals surface area contributed by atoms with E-state index in [2.05, 4.69) is 25.2 Å². The summed E-state index contributed by atoms with van der Waals surface area (Å²) >= 11 is 0. The number of anilines is 2. The summed E-state index contributed by atoms with van der Waals surface area (Å²) in [6.07, 6.45) is -3.10. The van der Waals surface area contributed by atoms with Crippen molar-refractivity contribution in [3.63, 3.8) is 0 Å². The fourth-order valence-corrected chi connectivity index (χ4v) is 3.14. The Balaban J connectivity index is 1.62. The number of hydrogen-bond donors (Lipinski definition) is 5. The molecule has 1 fully saturated rings. The number of imidazole rings is 1. The topological polar surface area (TPSA) is 190 Å². The van der Waals surface area contributed by atoms with Crippen molar-refractivity contribution < 1.29 is 20.1 Å². The van der Waals surface area contributed by atoms with Crippen LogP contribution >= 0.6 is 0 Å². The van der Waals surface area contributed by atoms with E-state index in [9.17, 15) is 15.3 Å². The van der Waals surface area contributed by atoms with Crippen LogP contribution in [0.15, 0.2) is 40.8 Å². The molecule has 29 heavy (non-hydrogen) atoms. The first-order valence-corrected chi connectivity index (χ1v) is 8.82. The van der Waals surface area contributed by atoms with Gasteiger partial charge >= 0.3 is 0 Å². The van der Waals surface area contributed by atoms with Crippen LogP contribution in [0.25, 0.3) is 11.2 Å². The fourth-order valence-electron chi connectivity index (χ4n) is 3.14. The van der Waals surface area contributed by atoms with Gasteiger partial charge in [0.2, 0.25) is 0 Å². The molecule has 2 unspecified atom stereocenters. The van der Waals surface area contributed by atoms with Gasteiger partial charge in [0.1, 0.15) is 23.8 Å². The van der Waals surface area contributed by atoms with Crippen molar-refractivity contribution in [1.29, 1.82) is 0 Å². The molecule has 1 aliphatic heterocycles. The maximum atomic E-state index is 10.3. The van der Waals surface area contributed by atoms with Crippen LogP contribution in [0.5, 0.6) is 0 Å². The Hall–Kier alpha value is -3.19. The van der Waals surface area contributed by atoms with Gasteiger partial charge in [-0.05, 0) is 17.7 Å². The van der Waals surface area contributed by atoms with Crippen LogP contribution in [0.3, 0.4) is 0 Å². The van der Waals surface area contributed by atoms with Crippen LogP contribution in [0.2, 0.25) is 0 Å². The molecular weight excluding hydrogens is 380 g/mol. The van der Waals surface area contributed by atoms with Gasteiger partial charge in [-0.3, -0.25) is 4.57 Å². The van der Waals surface area contributed by atoms with E-state index in [0.29, 0.717) is 5.69 Å². The van der Waals surface area contributed by atoms with Crippen LogP contribution in [0.4, 0.5) is 17.5 Å². The first-order chi connectivity index (χ1) is 14.0. The van der Waals surface area contributed by atoms with E-state index < -0.39 is 31.1 Å². The van der Waals surface area contributed by atoms with Gasteiger partial charge in [0.05, 0.1) is 19.5 Å². The summed E-state index contributed by atoms with van der Waals surface area (Å²) < 4.78 is 6.93. The van der Waals surface area contributed by atoms with E-state index in [0.717, 1.165) is 5.56 Å². The number of aromatic nitrogens is 4. The predicted molar refractivity (Wildman–Crippen MR) is 102 cm³/mol. The molecule has 3 aromatic rings. The number of ether oxygens (including phenoxy) is 1. The number of azo groups is 1. The van der Waals surface area contributed by atoms with Crippen molar-refractivity contribution in [1.82, 2.24) is 19.5 Å². The summed E-state index contributed by atoms with van der Waals surface area (Å²) in [7, 11) is 0. The quantitative estimate of drug-likeness (QED) is 0.287. The fraction of sp³-hybridized carbons (Fsp3) is 0.353. The molecule has 4 rings (SSSR count). The number of nitrogen functional groups attached to an aromatic ring is 2. The summed E-state index contributed by atoms with van der Waals surface area (Å²) in [4.78, 5) is 12.5. The standard InChI is InChI=1S/C17H20N8O4/c18-9-3-1-2-8(4-9)5-21-24-17-22-14(19)11-15(23-17)25(7-20-11)16-13(28)12(27)10(6-26)29-16/h1-4,7,10,12-13,16,26-28H,5-6,18H2,(H2,19,22,23)/t10-,12?,13?,16-/m1/s1. The van der Waals surface area contributed by atoms with E-state index in [1.54, 1.807) is 12.1 Å². The summed E-state index contributed by atoms with van der Waals surface area (Å²) in [5.74, 6) is 0.0887. The molecule has 1 aliphatic rings. The van der Waals surface area contributed by atoms with Gasteiger partial charge in [0.25, 0.3) is 5.95 Å². The molecule has 1 saturated heterocycles. The number of aliphatic hydroxyl groups excluding tert-OH is 3. The predicted octanol–water partition coefficient (Wildman–Crippen LogP) is -0.114. The Morgan fingerprint density at radius 3 is 2.72 bits per heavy atom. The molecule has 152 valence electrons. The van der Waals surface area contributed by atoms with Crippen molar-refractivity contribution in [2.45, 2.75) is 31.1 Å². The zero-order valence-corrected chi connectivity index (χ0v) is 15.2. The van der Waals surface area contributed by atoms with E-state index >= 15 is 0 Å². The molecule has 12 heteroatoms. The lowest BCUT2D eigenvalue weighted by Gasteiger charge is -2.16. The molecule has 7 N–H and O–H groups in total. The smallest absolute Gasteiger partial charge is 0.272 e. The monoisotopic (exact) mass is 400 g/mol. The number of nitrogens with two attached hydrogens (primary N) is 2. The van der Waals surface area contributed by atoms with Gasteiger partial charge < -0.3 is 31.5 Å². The molecule has 0 amide bonds. The third-order valence-corrected chi connectivity index (χ3v) is 4.59. The summed E-state index contributed by atoms with van der Waals surface area (Å²) in [6.45, 7) is -0.164. The third kappa shape index (κ3) is 3.61. The lowest BCUT2D eigenvalue weighted by molar-refractivity contribution is -0.0511. The number of rotatable bonds is 5. The Morgan fingerprint density at radius 2 is 2.00 bits per heavy atom. The molecule has 2 aromatic heterocycles. The lowest BCUT2D eigenvalue weighted by Crippen LogP contribution is -2.33.